The Bertz CT molecular complexity index is 460. The van der Waals surface area contributed by atoms with Gasteiger partial charge in [0.25, 0.3) is 0 Å². The molecule has 0 bridgehead atoms. The molecule has 2 nitrogen and oxygen atoms in total. The number of halogens is 4. The molecular formula is C14H17BrF3NO. The summed E-state index contributed by atoms with van der Waals surface area (Å²) >= 11 is 3.20. The van der Waals surface area contributed by atoms with Gasteiger partial charge in [-0.1, -0.05) is 22.0 Å². The lowest BCUT2D eigenvalue weighted by Gasteiger charge is -2.28. The van der Waals surface area contributed by atoms with Crippen molar-refractivity contribution in [3.63, 3.8) is 0 Å². The Balaban J connectivity index is 2.37. The van der Waals surface area contributed by atoms with Crippen LogP contribution in [0.5, 0.6) is 0 Å². The molecule has 1 aliphatic rings. The SMILES string of the molecule is COCCN(c1ccc(CBr)cc1C(F)(F)F)C1CC1. The Labute approximate surface area is 125 Å². The average molecular weight is 352 g/mol. The van der Waals surface area contributed by atoms with Crippen molar-refractivity contribution in [1.29, 1.82) is 0 Å². The normalized spacial score (nSPS) is 15.4. The van der Waals surface area contributed by atoms with Crippen molar-refractivity contribution < 1.29 is 17.9 Å². The second kappa shape index (κ2) is 6.35. The van der Waals surface area contributed by atoms with E-state index < -0.39 is 11.7 Å². The van der Waals surface area contributed by atoms with Gasteiger partial charge in [-0.25, -0.2) is 0 Å². The number of benzene rings is 1. The van der Waals surface area contributed by atoms with Crippen LogP contribution in [0.4, 0.5) is 18.9 Å². The van der Waals surface area contributed by atoms with Gasteiger partial charge in [-0.05, 0) is 30.5 Å². The zero-order chi connectivity index (χ0) is 14.8. The predicted octanol–water partition coefficient (Wildman–Crippen LogP) is 4.22. The van der Waals surface area contributed by atoms with Crippen LogP contribution in [-0.4, -0.2) is 26.3 Å². The van der Waals surface area contributed by atoms with Crippen LogP contribution in [0.1, 0.15) is 24.0 Å². The first-order valence-corrected chi connectivity index (χ1v) is 7.61. The standard InChI is InChI=1S/C14H17BrF3NO/c1-20-7-6-19(11-3-4-11)13-5-2-10(9-15)8-12(13)14(16,17)18/h2,5,8,11H,3-4,6-7,9H2,1H3. The number of rotatable bonds is 6. The van der Waals surface area contributed by atoms with Crippen molar-refractivity contribution in [3.8, 4) is 0 Å². The molecule has 2 rings (SSSR count). The number of nitrogens with zero attached hydrogens (tertiary/aromatic N) is 1. The molecule has 0 radical (unpaired) electrons. The smallest absolute Gasteiger partial charge is 0.383 e. The maximum absolute atomic E-state index is 13.3. The van der Waals surface area contributed by atoms with E-state index in [4.69, 9.17) is 4.74 Å². The maximum atomic E-state index is 13.3. The van der Waals surface area contributed by atoms with E-state index in [1.165, 1.54) is 6.07 Å². The van der Waals surface area contributed by atoms with Gasteiger partial charge in [0, 0.05) is 30.7 Å². The molecule has 20 heavy (non-hydrogen) atoms. The Morgan fingerprint density at radius 2 is 2.05 bits per heavy atom. The highest BCUT2D eigenvalue weighted by Crippen LogP contribution is 2.41. The third-order valence-corrected chi connectivity index (χ3v) is 4.00. The number of anilines is 1. The van der Waals surface area contributed by atoms with Crippen molar-refractivity contribution in [3.05, 3.63) is 29.3 Å². The third kappa shape index (κ3) is 3.67. The Hall–Kier alpha value is -0.750. The van der Waals surface area contributed by atoms with Crippen molar-refractivity contribution in [2.75, 3.05) is 25.2 Å². The number of hydrogen-bond donors (Lipinski definition) is 0. The molecule has 0 atom stereocenters. The van der Waals surface area contributed by atoms with E-state index in [1.807, 2.05) is 4.90 Å². The van der Waals surface area contributed by atoms with Crippen LogP contribution in [0.3, 0.4) is 0 Å². The van der Waals surface area contributed by atoms with Crippen LogP contribution in [0.2, 0.25) is 0 Å². The summed E-state index contributed by atoms with van der Waals surface area (Å²) in [6.45, 7) is 0.909. The highest BCUT2D eigenvalue weighted by atomic mass is 79.9. The summed E-state index contributed by atoms with van der Waals surface area (Å²) in [4.78, 5) is 1.82. The quantitative estimate of drug-likeness (QED) is 0.711. The van der Waals surface area contributed by atoms with Gasteiger partial charge < -0.3 is 9.64 Å². The average Bonchev–Trinajstić information content (AvgIpc) is 3.23. The van der Waals surface area contributed by atoms with E-state index in [9.17, 15) is 13.2 Å². The minimum Gasteiger partial charge on any atom is -0.383 e. The molecule has 112 valence electrons. The Kier molecular flexibility index (Phi) is 4.96. The van der Waals surface area contributed by atoms with Gasteiger partial charge in [0.05, 0.1) is 12.2 Å². The molecule has 0 unspecified atom stereocenters. The summed E-state index contributed by atoms with van der Waals surface area (Å²) < 4.78 is 44.8. The second-order valence-corrected chi connectivity index (χ2v) is 5.46. The number of ether oxygens (including phenoxy) is 1. The monoisotopic (exact) mass is 351 g/mol. The zero-order valence-corrected chi connectivity index (χ0v) is 12.8. The lowest BCUT2D eigenvalue weighted by Crippen LogP contribution is -2.31. The summed E-state index contributed by atoms with van der Waals surface area (Å²) in [6, 6.07) is 4.75. The Morgan fingerprint density at radius 1 is 1.35 bits per heavy atom. The molecule has 0 aromatic heterocycles. The van der Waals surface area contributed by atoms with Crippen LogP contribution in [0.15, 0.2) is 18.2 Å². The minimum atomic E-state index is -4.34. The fourth-order valence-electron chi connectivity index (χ4n) is 2.22. The molecule has 1 saturated carbocycles. The minimum absolute atomic E-state index is 0.209. The molecule has 1 aromatic rings. The van der Waals surface area contributed by atoms with Gasteiger partial charge in [-0.15, -0.1) is 0 Å². The van der Waals surface area contributed by atoms with E-state index in [0.717, 1.165) is 12.8 Å². The van der Waals surface area contributed by atoms with Crippen molar-refractivity contribution in [2.45, 2.75) is 30.4 Å². The van der Waals surface area contributed by atoms with Crippen LogP contribution < -0.4 is 4.90 Å². The summed E-state index contributed by atoms with van der Waals surface area (Å²) in [5, 5.41) is 0.415. The molecule has 6 heteroatoms. The van der Waals surface area contributed by atoms with Crippen LogP contribution in [0, 0.1) is 0 Å². The fraction of sp³-hybridized carbons (Fsp3) is 0.571. The molecule has 0 heterocycles. The first kappa shape index (κ1) is 15.6. The number of alkyl halides is 4. The Morgan fingerprint density at radius 3 is 2.55 bits per heavy atom. The molecule has 0 saturated heterocycles. The van der Waals surface area contributed by atoms with Gasteiger partial charge in [0.1, 0.15) is 0 Å². The summed E-state index contributed by atoms with van der Waals surface area (Å²) in [6.07, 6.45) is -2.45. The molecule has 0 amide bonds. The zero-order valence-electron chi connectivity index (χ0n) is 11.2. The van der Waals surface area contributed by atoms with Crippen molar-refractivity contribution in [2.24, 2.45) is 0 Å². The summed E-state index contributed by atoms with van der Waals surface area (Å²) in [7, 11) is 1.56. The summed E-state index contributed by atoms with van der Waals surface area (Å²) in [5.74, 6) is 0. The number of methoxy groups -OCH3 is 1. The molecule has 0 spiro atoms. The fourth-order valence-corrected chi connectivity index (χ4v) is 2.57. The number of hydrogen-bond acceptors (Lipinski definition) is 2. The highest BCUT2D eigenvalue weighted by Gasteiger charge is 2.38. The summed E-state index contributed by atoms with van der Waals surface area (Å²) in [5.41, 5.74) is 0.336. The molecular weight excluding hydrogens is 335 g/mol. The van der Waals surface area contributed by atoms with Crippen LogP contribution in [0.25, 0.3) is 0 Å². The second-order valence-electron chi connectivity index (χ2n) is 4.90. The van der Waals surface area contributed by atoms with Gasteiger partial charge in [-0.3, -0.25) is 0 Å². The largest absolute Gasteiger partial charge is 0.418 e. The van der Waals surface area contributed by atoms with Gasteiger partial charge in [0.15, 0.2) is 0 Å². The van der Waals surface area contributed by atoms with E-state index in [1.54, 1.807) is 19.2 Å². The van der Waals surface area contributed by atoms with E-state index in [2.05, 4.69) is 15.9 Å². The van der Waals surface area contributed by atoms with Crippen LogP contribution in [-0.2, 0) is 16.2 Å². The molecule has 1 aromatic carbocycles. The van der Waals surface area contributed by atoms with Gasteiger partial charge in [-0.2, -0.15) is 13.2 Å². The molecule has 1 aliphatic carbocycles. The first-order valence-electron chi connectivity index (χ1n) is 6.49. The van der Waals surface area contributed by atoms with E-state index in [-0.39, 0.29) is 11.7 Å². The molecule has 1 fully saturated rings. The predicted molar refractivity (Wildman–Crippen MR) is 76.3 cm³/mol. The van der Waals surface area contributed by atoms with Crippen LogP contribution >= 0.6 is 15.9 Å². The first-order chi connectivity index (χ1) is 9.47. The lowest BCUT2D eigenvalue weighted by atomic mass is 10.1. The van der Waals surface area contributed by atoms with Gasteiger partial charge >= 0.3 is 6.18 Å². The topological polar surface area (TPSA) is 12.5 Å². The highest BCUT2D eigenvalue weighted by molar-refractivity contribution is 9.08. The van der Waals surface area contributed by atoms with Crippen molar-refractivity contribution >= 4 is 21.6 Å². The molecule has 0 aliphatic heterocycles. The maximum Gasteiger partial charge on any atom is 0.418 e. The van der Waals surface area contributed by atoms with E-state index >= 15 is 0 Å². The van der Waals surface area contributed by atoms with Crippen molar-refractivity contribution in [1.82, 2.24) is 0 Å². The molecule has 0 N–H and O–H groups in total. The lowest BCUT2D eigenvalue weighted by molar-refractivity contribution is -0.137. The third-order valence-electron chi connectivity index (χ3n) is 3.35. The van der Waals surface area contributed by atoms with Gasteiger partial charge in [0.2, 0.25) is 0 Å². The van der Waals surface area contributed by atoms with E-state index in [0.29, 0.717) is 24.0 Å².